The zero-order valence-corrected chi connectivity index (χ0v) is 16.1. The van der Waals surface area contributed by atoms with Crippen molar-refractivity contribution in [2.45, 2.75) is 18.7 Å². The van der Waals surface area contributed by atoms with Crippen LogP contribution in [0.5, 0.6) is 0 Å². The number of non-ortho nitro benzene ring substituents is 1. The first-order valence-electron chi connectivity index (χ1n) is 7.75. The average molecular weight is 405 g/mol. The first-order valence-corrected chi connectivity index (χ1v) is 9.55. The van der Waals surface area contributed by atoms with E-state index in [1.54, 1.807) is 26.0 Å². The molecule has 0 fully saturated rings. The van der Waals surface area contributed by atoms with Gasteiger partial charge in [0.25, 0.3) is 5.69 Å². The molecule has 1 N–H and O–H groups in total. The fourth-order valence-electron chi connectivity index (χ4n) is 2.10. The number of hydrogen-bond donors (Lipinski definition) is 1. The summed E-state index contributed by atoms with van der Waals surface area (Å²) in [5.41, 5.74) is 0.680. The molecule has 0 spiro atoms. The van der Waals surface area contributed by atoms with Gasteiger partial charge >= 0.3 is 5.97 Å². The van der Waals surface area contributed by atoms with Gasteiger partial charge in [-0.15, -0.1) is 23.1 Å². The van der Waals surface area contributed by atoms with Crippen molar-refractivity contribution >= 4 is 45.7 Å². The predicted octanol–water partition coefficient (Wildman–Crippen LogP) is 3.74. The summed E-state index contributed by atoms with van der Waals surface area (Å²) in [4.78, 5) is 35.2. The van der Waals surface area contributed by atoms with Crippen LogP contribution in [0.3, 0.4) is 0 Å². The quantitative estimate of drug-likeness (QED) is 0.322. The molecule has 1 heterocycles. The lowest BCUT2D eigenvalue weighted by Gasteiger charge is -2.03. The fourth-order valence-corrected chi connectivity index (χ4v) is 3.87. The molecule has 10 heteroatoms. The third kappa shape index (κ3) is 5.06. The topological polar surface area (TPSA) is 122 Å². The summed E-state index contributed by atoms with van der Waals surface area (Å²) >= 11 is 2.20. The third-order valence-corrected chi connectivity index (χ3v) is 5.59. The molecule has 0 saturated heterocycles. The molecule has 0 unspecified atom stereocenters. The molecule has 0 saturated carbocycles. The van der Waals surface area contributed by atoms with Crippen molar-refractivity contribution in [1.29, 1.82) is 5.26 Å². The summed E-state index contributed by atoms with van der Waals surface area (Å²) in [5, 5.41) is 22.9. The van der Waals surface area contributed by atoms with Gasteiger partial charge in [0, 0.05) is 17.0 Å². The number of benzene rings is 1. The van der Waals surface area contributed by atoms with Crippen LogP contribution in [0.15, 0.2) is 29.2 Å². The molecule has 27 heavy (non-hydrogen) atoms. The van der Waals surface area contributed by atoms with Crippen molar-refractivity contribution in [2.24, 2.45) is 0 Å². The van der Waals surface area contributed by atoms with E-state index in [0.717, 1.165) is 11.3 Å². The molecular formula is C17H15N3O5S2. The monoisotopic (exact) mass is 405 g/mol. The van der Waals surface area contributed by atoms with Crippen molar-refractivity contribution in [3.63, 3.8) is 0 Å². The van der Waals surface area contributed by atoms with Gasteiger partial charge in [-0.2, -0.15) is 5.26 Å². The van der Waals surface area contributed by atoms with Crippen molar-refractivity contribution in [3.05, 3.63) is 50.4 Å². The fraction of sp³-hybridized carbons (Fsp3) is 0.235. The molecular weight excluding hydrogens is 390 g/mol. The van der Waals surface area contributed by atoms with Crippen LogP contribution in [0.4, 0.5) is 10.7 Å². The number of esters is 1. The van der Waals surface area contributed by atoms with Gasteiger partial charge in [-0.05, 0) is 31.5 Å². The second-order valence-corrected chi connectivity index (χ2v) is 7.25. The maximum Gasteiger partial charge on any atom is 0.348 e. The molecule has 0 radical (unpaired) electrons. The Balaban J connectivity index is 2.05. The van der Waals surface area contributed by atoms with E-state index >= 15 is 0 Å². The molecule has 0 bridgehead atoms. The van der Waals surface area contributed by atoms with Crippen LogP contribution in [0.2, 0.25) is 0 Å². The van der Waals surface area contributed by atoms with Crippen molar-refractivity contribution in [1.82, 2.24) is 0 Å². The van der Waals surface area contributed by atoms with E-state index in [4.69, 9.17) is 4.74 Å². The first kappa shape index (κ1) is 20.4. The van der Waals surface area contributed by atoms with E-state index < -0.39 is 10.9 Å². The number of hydrogen-bond acceptors (Lipinski definition) is 8. The number of nitrogens with zero attached hydrogens (tertiary/aromatic N) is 2. The molecule has 2 rings (SSSR count). The van der Waals surface area contributed by atoms with Crippen molar-refractivity contribution in [3.8, 4) is 6.07 Å². The highest BCUT2D eigenvalue weighted by molar-refractivity contribution is 8.00. The van der Waals surface area contributed by atoms with Gasteiger partial charge in [-0.1, -0.05) is 0 Å². The van der Waals surface area contributed by atoms with Crippen LogP contribution in [-0.4, -0.2) is 29.2 Å². The highest BCUT2D eigenvalue weighted by Gasteiger charge is 2.22. The lowest BCUT2D eigenvalue weighted by Crippen LogP contribution is -2.13. The van der Waals surface area contributed by atoms with Crippen LogP contribution in [0.25, 0.3) is 0 Å². The summed E-state index contributed by atoms with van der Waals surface area (Å²) in [7, 11) is 0. The zero-order valence-electron chi connectivity index (χ0n) is 14.5. The number of nitriles is 1. The Morgan fingerprint density at radius 3 is 2.59 bits per heavy atom. The minimum absolute atomic E-state index is 0.0250. The number of anilines is 1. The number of rotatable bonds is 7. The van der Waals surface area contributed by atoms with Crippen LogP contribution >= 0.6 is 23.1 Å². The van der Waals surface area contributed by atoms with Gasteiger partial charge in [0.1, 0.15) is 15.9 Å². The lowest BCUT2D eigenvalue weighted by molar-refractivity contribution is -0.384. The average Bonchev–Trinajstić information content (AvgIpc) is 2.95. The predicted molar refractivity (Wildman–Crippen MR) is 102 cm³/mol. The molecule has 8 nitrogen and oxygen atoms in total. The molecule has 2 aromatic rings. The zero-order chi connectivity index (χ0) is 20.0. The number of nitrogens with one attached hydrogen (secondary N) is 1. The highest BCUT2D eigenvalue weighted by atomic mass is 32.2. The number of carbonyl (C=O) groups excluding carboxylic acids is 2. The first-order chi connectivity index (χ1) is 12.9. The van der Waals surface area contributed by atoms with Gasteiger partial charge in [-0.25, -0.2) is 4.79 Å². The molecule has 1 aromatic heterocycles. The second-order valence-electron chi connectivity index (χ2n) is 5.18. The summed E-state index contributed by atoms with van der Waals surface area (Å²) in [6.45, 7) is 3.53. The van der Waals surface area contributed by atoms with Gasteiger partial charge in [-0.3, -0.25) is 14.9 Å². The smallest absolute Gasteiger partial charge is 0.348 e. The normalized spacial score (nSPS) is 10.1. The molecule has 0 aliphatic carbocycles. The summed E-state index contributed by atoms with van der Waals surface area (Å²) in [5.74, 6) is -0.835. The van der Waals surface area contributed by atoms with E-state index in [1.807, 2.05) is 6.07 Å². The maximum atomic E-state index is 12.2. The molecule has 140 valence electrons. The van der Waals surface area contributed by atoms with E-state index in [0.29, 0.717) is 15.5 Å². The lowest BCUT2D eigenvalue weighted by atomic mass is 10.2. The van der Waals surface area contributed by atoms with Crippen LogP contribution < -0.4 is 5.32 Å². The Labute approximate surface area is 163 Å². The summed E-state index contributed by atoms with van der Waals surface area (Å²) in [6.07, 6.45) is 0. The Morgan fingerprint density at radius 1 is 1.37 bits per heavy atom. The molecule has 0 aliphatic rings. The Hall–Kier alpha value is -2.90. The number of amides is 1. The van der Waals surface area contributed by atoms with E-state index in [2.05, 4.69) is 5.32 Å². The van der Waals surface area contributed by atoms with E-state index in [-0.39, 0.29) is 34.4 Å². The number of ether oxygens (including phenoxy) is 1. The van der Waals surface area contributed by atoms with Crippen LogP contribution in [-0.2, 0) is 9.53 Å². The molecule has 1 aromatic carbocycles. The van der Waals surface area contributed by atoms with Gasteiger partial charge in [0.2, 0.25) is 5.91 Å². The molecule has 1 amide bonds. The highest BCUT2D eigenvalue weighted by Crippen LogP contribution is 2.33. The minimum Gasteiger partial charge on any atom is -0.462 e. The van der Waals surface area contributed by atoms with Crippen LogP contribution in [0.1, 0.15) is 27.7 Å². The standard InChI is InChI=1S/C17H15N3O5S2/c1-3-25-17(22)15-10(2)13(8-18)16(27-15)19-14(21)9-26-12-6-4-11(5-7-12)20(23)24/h4-7H,3,9H2,1-2H3,(H,19,21). The Kier molecular flexibility index (Phi) is 6.92. The molecule has 0 aliphatic heterocycles. The number of carbonyl (C=O) groups is 2. The summed E-state index contributed by atoms with van der Waals surface area (Å²) < 4.78 is 4.96. The van der Waals surface area contributed by atoms with Crippen molar-refractivity contribution < 1.29 is 19.2 Å². The second kappa shape index (κ2) is 9.16. The van der Waals surface area contributed by atoms with E-state index in [1.165, 1.54) is 23.9 Å². The Morgan fingerprint density at radius 2 is 2.04 bits per heavy atom. The van der Waals surface area contributed by atoms with Crippen LogP contribution in [0, 0.1) is 28.4 Å². The SMILES string of the molecule is CCOC(=O)c1sc(NC(=O)CSc2ccc([N+](=O)[O-])cc2)c(C#N)c1C. The molecule has 0 atom stereocenters. The summed E-state index contributed by atoms with van der Waals surface area (Å²) in [6, 6.07) is 7.84. The van der Waals surface area contributed by atoms with E-state index in [9.17, 15) is 25.0 Å². The number of thioether (sulfide) groups is 1. The number of thiophene rings is 1. The van der Waals surface area contributed by atoms with Gasteiger partial charge < -0.3 is 10.1 Å². The largest absolute Gasteiger partial charge is 0.462 e. The number of nitro groups is 1. The van der Waals surface area contributed by atoms with Gasteiger partial charge in [0.15, 0.2) is 0 Å². The third-order valence-electron chi connectivity index (χ3n) is 3.39. The minimum atomic E-state index is -0.530. The maximum absolute atomic E-state index is 12.2. The van der Waals surface area contributed by atoms with Gasteiger partial charge in [0.05, 0.1) is 22.8 Å². The Bertz CT molecular complexity index is 916. The van der Waals surface area contributed by atoms with Crippen molar-refractivity contribution in [2.75, 3.05) is 17.7 Å². The number of nitro benzene ring substituents is 1.